The molecule has 0 radical (unpaired) electrons. The van der Waals surface area contributed by atoms with Crippen LogP contribution in [0.25, 0.3) is 11.2 Å². The van der Waals surface area contributed by atoms with E-state index < -0.39 is 85.6 Å². The Bertz CT molecular complexity index is 1780. The SMILES string of the molecule is Nc1ncnc2c1ncn2[C@@H]1O[C@@H]2COP(O)(=S)O[C@H]3[C@@H](F)[C@H](n4cnc5c4NC=NC5N)O[C@@H]3COS(=O)(=O)N[C@H]2[C@H]1F. The molecule has 3 aromatic heterocycles. The predicted molar refractivity (Wildman–Crippen MR) is 148 cm³/mol. The fourth-order valence-electron chi connectivity index (χ4n) is 5.35. The largest absolute Gasteiger partial charge is 0.382 e. The summed E-state index contributed by atoms with van der Waals surface area (Å²) in [5.74, 6) is 0.313. The highest BCUT2D eigenvalue weighted by atomic mass is 32.5. The number of ether oxygens (including phenoxy) is 2. The van der Waals surface area contributed by atoms with Crippen LogP contribution in [0.5, 0.6) is 0 Å². The van der Waals surface area contributed by atoms with Crippen molar-refractivity contribution in [2.75, 3.05) is 24.3 Å². The Morgan fingerprint density at radius 2 is 1.82 bits per heavy atom. The first-order chi connectivity index (χ1) is 20.9. The van der Waals surface area contributed by atoms with Gasteiger partial charge in [0.05, 0.1) is 38.2 Å². The number of anilines is 2. The average molecular weight is 680 g/mol. The second-order valence-electron chi connectivity index (χ2n) is 10.1. The minimum Gasteiger partial charge on any atom is -0.382 e. The van der Waals surface area contributed by atoms with Crippen molar-refractivity contribution < 1.29 is 44.8 Å². The number of halogens is 2. The smallest absolute Gasteiger partial charge is 0.336 e. The molecule has 7 rings (SSSR count). The highest BCUT2D eigenvalue weighted by Crippen LogP contribution is 2.51. The lowest BCUT2D eigenvalue weighted by atomic mass is 10.1. The summed E-state index contributed by atoms with van der Waals surface area (Å²) in [5, 5.41) is 2.81. The van der Waals surface area contributed by atoms with Gasteiger partial charge in [0.25, 0.3) is 0 Å². The number of fused-ring (bicyclic) bond motifs is 4. The van der Waals surface area contributed by atoms with E-state index in [1.807, 2.05) is 0 Å². The predicted octanol–water partition coefficient (Wildman–Crippen LogP) is -0.961. The van der Waals surface area contributed by atoms with Gasteiger partial charge < -0.3 is 35.7 Å². The summed E-state index contributed by atoms with van der Waals surface area (Å²) in [6, 6.07) is -1.60. The number of alkyl halides is 2. The Morgan fingerprint density at radius 3 is 2.64 bits per heavy atom. The van der Waals surface area contributed by atoms with E-state index in [-0.39, 0.29) is 22.8 Å². The number of hydrogen-bond donors (Lipinski definition) is 5. The monoisotopic (exact) mass is 679 g/mol. The van der Waals surface area contributed by atoms with E-state index in [2.05, 4.69) is 35.0 Å². The number of nitrogens with two attached hydrogens (primary N) is 2. The molecule has 3 fully saturated rings. The van der Waals surface area contributed by atoms with E-state index in [4.69, 9.17) is 46.0 Å². The van der Waals surface area contributed by atoms with Crippen molar-refractivity contribution in [3.8, 4) is 0 Å². The van der Waals surface area contributed by atoms with Gasteiger partial charge in [-0.15, -0.1) is 0 Å². The molecule has 0 spiro atoms. The zero-order chi connectivity index (χ0) is 31.0. The maximum atomic E-state index is 15.9. The van der Waals surface area contributed by atoms with E-state index in [0.717, 1.165) is 6.33 Å². The Hall–Kier alpha value is -2.83. The minimum absolute atomic E-state index is 0.0342. The van der Waals surface area contributed by atoms with Crippen LogP contribution >= 0.6 is 6.72 Å². The lowest BCUT2D eigenvalue weighted by Crippen LogP contribution is -2.48. The van der Waals surface area contributed by atoms with Crippen molar-refractivity contribution in [3.63, 3.8) is 0 Å². The number of rotatable bonds is 2. The van der Waals surface area contributed by atoms with Crippen LogP contribution in [0.15, 0.2) is 24.0 Å². The fourth-order valence-corrected chi connectivity index (χ4v) is 7.78. The molecule has 3 aromatic rings. The molecule has 4 aliphatic heterocycles. The first kappa shape index (κ1) is 29.9. The lowest BCUT2D eigenvalue weighted by Gasteiger charge is -2.27. The Morgan fingerprint density at radius 1 is 1.07 bits per heavy atom. The first-order valence-electron chi connectivity index (χ1n) is 12.9. The highest BCUT2D eigenvalue weighted by Gasteiger charge is 2.53. The number of nitrogens with zero attached hydrogens (tertiary/aromatic N) is 7. The van der Waals surface area contributed by atoms with Crippen LogP contribution in [0.3, 0.4) is 0 Å². The van der Waals surface area contributed by atoms with E-state index in [9.17, 15) is 13.3 Å². The van der Waals surface area contributed by atoms with Gasteiger partial charge in [0, 0.05) is 0 Å². The summed E-state index contributed by atoms with van der Waals surface area (Å²) < 4.78 is 90.1. The number of nitrogens with one attached hydrogen (secondary N) is 2. The molecule has 2 unspecified atom stereocenters. The van der Waals surface area contributed by atoms with Crippen molar-refractivity contribution in [1.29, 1.82) is 0 Å². The molecular weight excluding hydrogens is 655 g/mol. The van der Waals surface area contributed by atoms with Crippen molar-refractivity contribution in [1.82, 2.24) is 33.8 Å². The van der Waals surface area contributed by atoms with Crippen LogP contribution in [0.2, 0.25) is 0 Å². The molecule has 0 bridgehead atoms. The molecular formula is C20H24F2N11O8PS2. The summed E-state index contributed by atoms with van der Waals surface area (Å²) in [7, 11) is -4.72. The lowest BCUT2D eigenvalue weighted by molar-refractivity contribution is -0.0464. The molecule has 0 aromatic carbocycles. The second-order valence-corrected chi connectivity index (χ2v) is 14.2. The molecule has 19 nitrogen and oxygen atoms in total. The Balaban J connectivity index is 1.15. The Labute approximate surface area is 251 Å². The minimum atomic E-state index is -4.72. The van der Waals surface area contributed by atoms with E-state index >= 15 is 8.78 Å². The molecule has 0 aliphatic carbocycles. The molecule has 3 saturated heterocycles. The van der Waals surface area contributed by atoms with E-state index in [1.165, 1.54) is 28.1 Å². The first-order valence-corrected chi connectivity index (χ1v) is 16.9. The third-order valence-corrected chi connectivity index (χ3v) is 9.96. The molecule has 10 atom stereocenters. The average Bonchev–Trinajstić information content (AvgIpc) is 3.73. The van der Waals surface area contributed by atoms with Crippen LogP contribution < -0.4 is 21.5 Å². The van der Waals surface area contributed by atoms with Gasteiger partial charge in [-0.1, -0.05) is 0 Å². The van der Waals surface area contributed by atoms with Crippen LogP contribution in [0, 0.1) is 0 Å². The maximum Gasteiger partial charge on any atom is 0.336 e. The van der Waals surface area contributed by atoms with Gasteiger partial charge in [-0.2, -0.15) is 13.1 Å². The number of hydrogen-bond acceptors (Lipinski definition) is 16. The van der Waals surface area contributed by atoms with Crippen LogP contribution in [0.4, 0.5) is 20.4 Å². The third kappa shape index (κ3) is 5.16. The topological polar surface area (TPSA) is 250 Å². The van der Waals surface area contributed by atoms with Gasteiger partial charge in [-0.3, -0.25) is 22.8 Å². The molecule has 0 amide bonds. The summed E-state index contributed by atoms with van der Waals surface area (Å²) in [4.78, 5) is 31.0. The summed E-state index contributed by atoms with van der Waals surface area (Å²) in [6.07, 6.45) is -7.36. The zero-order valence-corrected chi connectivity index (χ0v) is 24.6. The van der Waals surface area contributed by atoms with Gasteiger partial charge in [0.15, 0.2) is 36.3 Å². The van der Waals surface area contributed by atoms with Crippen molar-refractivity contribution in [3.05, 3.63) is 24.7 Å². The van der Waals surface area contributed by atoms with Gasteiger partial charge in [-0.05, 0) is 11.8 Å². The molecule has 24 heteroatoms. The van der Waals surface area contributed by atoms with Crippen LogP contribution in [-0.4, -0.2) is 98.6 Å². The number of nitrogen functional groups attached to an aromatic ring is 1. The molecule has 44 heavy (non-hydrogen) atoms. The standard InChI is InChI=1S/C20H24F2N11O8PS2/c21-9-11-7(39-19(9)32-5-29-12-15(23)25-3-27-17(12)32)1-37-42(34,43)41-14-8(2-38-44(35,36)31-11)40-20(10(14)22)33-6-30-13-16(24)26-4-28-18(13)33/h3-11,14,16,19-20,31H,1-2,24H2,(H,26,28)(H,34,43)(H2,23,25,27)/t7-,8-,9-,10-,11-,14-,16?,19-,20-,42?/m1/s1. The number of aromatic nitrogens is 6. The summed E-state index contributed by atoms with van der Waals surface area (Å²) in [6.45, 7) is -5.73. The van der Waals surface area contributed by atoms with Crippen LogP contribution in [-0.2, 0) is 44.8 Å². The van der Waals surface area contributed by atoms with E-state index in [1.54, 1.807) is 0 Å². The summed E-state index contributed by atoms with van der Waals surface area (Å²) in [5.41, 5.74) is 12.3. The second kappa shape index (κ2) is 10.9. The van der Waals surface area contributed by atoms with Crippen molar-refractivity contribution in [2.24, 2.45) is 10.7 Å². The fraction of sp³-hybridized carbons (Fsp3) is 0.550. The van der Waals surface area contributed by atoms with Gasteiger partial charge in [0.1, 0.15) is 47.8 Å². The quantitative estimate of drug-likeness (QED) is 0.205. The molecule has 4 aliphatic rings. The third-order valence-electron chi connectivity index (χ3n) is 7.40. The Kier molecular flexibility index (Phi) is 7.40. The highest BCUT2D eigenvalue weighted by molar-refractivity contribution is 8.07. The van der Waals surface area contributed by atoms with Crippen LogP contribution in [0.1, 0.15) is 24.3 Å². The maximum absolute atomic E-state index is 15.9. The normalized spacial score (nSPS) is 38.7. The van der Waals surface area contributed by atoms with Gasteiger partial charge in [0.2, 0.25) is 0 Å². The van der Waals surface area contributed by atoms with Crippen molar-refractivity contribution >= 4 is 58.0 Å². The van der Waals surface area contributed by atoms with Gasteiger partial charge >= 0.3 is 17.0 Å². The molecule has 238 valence electrons. The summed E-state index contributed by atoms with van der Waals surface area (Å²) >= 11 is 5.13. The molecule has 0 saturated carbocycles. The molecule has 7 heterocycles. The number of imidazole rings is 2. The molecule has 7 N–H and O–H groups in total. The van der Waals surface area contributed by atoms with Crippen molar-refractivity contribution in [2.45, 2.75) is 55.3 Å². The number of aliphatic imine (C=N–C) groups is 1. The van der Waals surface area contributed by atoms with E-state index in [0.29, 0.717) is 5.69 Å². The zero-order valence-electron chi connectivity index (χ0n) is 22.0. The van der Waals surface area contributed by atoms with Gasteiger partial charge in [-0.25, -0.2) is 28.7 Å².